The highest BCUT2D eigenvalue weighted by Gasteiger charge is 2.23. The van der Waals surface area contributed by atoms with Gasteiger partial charge >= 0.3 is 0 Å². The molecule has 0 radical (unpaired) electrons. The van der Waals surface area contributed by atoms with E-state index in [2.05, 4.69) is 35.8 Å². The lowest BCUT2D eigenvalue weighted by atomic mass is 9.88. The molecule has 1 unspecified atom stereocenters. The molecule has 1 fully saturated rings. The Morgan fingerprint density at radius 2 is 1.89 bits per heavy atom. The maximum Gasteiger partial charge on any atom is 0.122 e. The summed E-state index contributed by atoms with van der Waals surface area (Å²) in [4.78, 5) is 4.94. The van der Waals surface area contributed by atoms with Crippen molar-refractivity contribution in [3.63, 3.8) is 0 Å². The van der Waals surface area contributed by atoms with E-state index in [1.807, 2.05) is 25.1 Å². The fourth-order valence-corrected chi connectivity index (χ4v) is 4.27. The van der Waals surface area contributed by atoms with Gasteiger partial charge in [0.25, 0.3) is 0 Å². The smallest absolute Gasteiger partial charge is 0.122 e. The van der Waals surface area contributed by atoms with Gasteiger partial charge in [0.1, 0.15) is 24.3 Å². The molecule has 0 spiro atoms. The van der Waals surface area contributed by atoms with E-state index < -0.39 is 6.10 Å². The van der Waals surface area contributed by atoms with Gasteiger partial charge in [-0.2, -0.15) is 0 Å². The second-order valence-electron chi connectivity index (χ2n) is 8.14. The quantitative estimate of drug-likeness (QED) is 0.646. The maximum atomic E-state index is 10.8. The highest BCUT2D eigenvalue weighted by molar-refractivity contribution is 5.76. The van der Waals surface area contributed by atoms with Crippen LogP contribution in [0.25, 0.3) is 11.0 Å². The molecule has 3 aromatic rings. The average molecular weight is 379 g/mol. The van der Waals surface area contributed by atoms with Gasteiger partial charge in [-0.05, 0) is 56.0 Å². The zero-order chi connectivity index (χ0) is 19.5. The van der Waals surface area contributed by atoms with Crippen LogP contribution in [0.3, 0.4) is 0 Å². The lowest BCUT2D eigenvalue weighted by molar-refractivity contribution is 0.0918. The Bertz CT molecular complexity index is 941. The standard InChI is InChI=1S/C24H30N2O2/c1-17-12-13-18(2)23(14-17)28-16-20(27)15-26-22-11-7-6-10-21(22)25-24(26)19-8-4-3-5-9-19/h6-7,10-14,19-20,27H,3-5,8-9,15-16H2,1-2H3. The fourth-order valence-electron chi connectivity index (χ4n) is 4.27. The third-order valence-corrected chi connectivity index (χ3v) is 5.82. The third-order valence-electron chi connectivity index (χ3n) is 5.82. The molecule has 1 N–H and O–H groups in total. The number of hydrogen-bond donors (Lipinski definition) is 1. The summed E-state index contributed by atoms with van der Waals surface area (Å²) in [6.07, 6.45) is 5.66. The van der Waals surface area contributed by atoms with Crippen LogP contribution in [0.2, 0.25) is 0 Å². The van der Waals surface area contributed by atoms with E-state index in [9.17, 15) is 5.11 Å². The predicted octanol–water partition coefficient (Wildman–Crippen LogP) is 5.14. The Kier molecular flexibility index (Phi) is 5.67. The van der Waals surface area contributed by atoms with Gasteiger partial charge in [0.05, 0.1) is 17.6 Å². The van der Waals surface area contributed by atoms with Crippen LogP contribution in [0.4, 0.5) is 0 Å². The summed E-state index contributed by atoms with van der Waals surface area (Å²) < 4.78 is 8.17. The SMILES string of the molecule is Cc1ccc(C)c(OCC(O)Cn2c(C3CCCCC3)nc3ccccc32)c1. The monoisotopic (exact) mass is 378 g/mol. The fraction of sp³-hybridized carbons (Fsp3) is 0.458. The number of benzene rings is 2. The molecular weight excluding hydrogens is 348 g/mol. The first-order valence-electron chi connectivity index (χ1n) is 10.4. The van der Waals surface area contributed by atoms with Gasteiger partial charge in [0.2, 0.25) is 0 Å². The number of imidazole rings is 1. The molecule has 0 bridgehead atoms. The summed E-state index contributed by atoms with van der Waals surface area (Å²) in [6.45, 7) is 4.88. The van der Waals surface area contributed by atoms with Crippen LogP contribution in [0, 0.1) is 13.8 Å². The summed E-state index contributed by atoms with van der Waals surface area (Å²) in [6, 6.07) is 14.4. The number of aryl methyl sites for hydroxylation is 2. The third kappa shape index (κ3) is 4.07. The van der Waals surface area contributed by atoms with Crippen molar-refractivity contribution < 1.29 is 9.84 Å². The number of aliphatic hydroxyl groups excluding tert-OH is 1. The highest BCUT2D eigenvalue weighted by Crippen LogP contribution is 2.34. The van der Waals surface area contributed by atoms with Crippen LogP contribution in [0.1, 0.15) is 55.0 Å². The van der Waals surface area contributed by atoms with Crippen LogP contribution in [0.5, 0.6) is 5.75 Å². The van der Waals surface area contributed by atoms with Gasteiger partial charge in [0.15, 0.2) is 0 Å². The Hall–Kier alpha value is -2.33. The van der Waals surface area contributed by atoms with E-state index in [1.165, 1.54) is 32.1 Å². The molecule has 28 heavy (non-hydrogen) atoms. The molecule has 2 aromatic carbocycles. The Labute approximate surface area is 167 Å². The first-order chi connectivity index (χ1) is 13.6. The minimum Gasteiger partial charge on any atom is -0.491 e. The van der Waals surface area contributed by atoms with Crippen molar-refractivity contribution in [2.24, 2.45) is 0 Å². The van der Waals surface area contributed by atoms with Crippen molar-refractivity contribution in [1.82, 2.24) is 9.55 Å². The zero-order valence-electron chi connectivity index (χ0n) is 16.9. The van der Waals surface area contributed by atoms with Gasteiger partial charge in [-0.25, -0.2) is 4.98 Å². The minimum atomic E-state index is -0.583. The number of aliphatic hydroxyl groups is 1. The largest absolute Gasteiger partial charge is 0.491 e. The Morgan fingerprint density at radius 3 is 2.71 bits per heavy atom. The second-order valence-corrected chi connectivity index (χ2v) is 8.14. The Morgan fingerprint density at radius 1 is 1.11 bits per heavy atom. The first kappa shape index (κ1) is 19.0. The molecule has 0 amide bonds. The van der Waals surface area contributed by atoms with Crippen molar-refractivity contribution in [2.75, 3.05) is 6.61 Å². The van der Waals surface area contributed by atoms with Gasteiger partial charge < -0.3 is 14.4 Å². The highest BCUT2D eigenvalue weighted by atomic mass is 16.5. The molecule has 0 aliphatic heterocycles. The molecule has 4 heteroatoms. The van der Waals surface area contributed by atoms with Crippen LogP contribution < -0.4 is 4.74 Å². The minimum absolute atomic E-state index is 0.279. The predicted molar refractivity (Wildman–Crippen MR) is 113 cm³/mol. The molecule has 4 rings (SSSR count). The van der Waals surface area contributed by atoms with Crippen LogP contribution in [-0.2, 0) is 6.54 Å². The molecule has 148 valence electrons. The zero-order valence-corrected chi connectivity index (χ0v) is 16.9. The molecule has 1 saturated carbocycles. The van der Waals surface area contributed by atoms with E-state index in [0.29, 0.717) is 12.5 Å². The molecule has 1 aliphatic carbocycles. The van der Waals surface area contributed by atoms with Gasteiger partial charge in [-0.1, -0.05) is 43.5 Å². The Balaban J connectivity index is 1.53. The second kappa shape index (κ2) is 8.36. The molecular formula is C24H30N2O2. The number of fused-ring (bicyclic) bond motifs is 1. The van der Waals surface area contributed by atoms with Crippen LogP contribution >= 0.6 is 0 Å². The van der Waals surface area contributed by atoms with Gasteiger partial charge in [-0.3, -0.25) is 0 Å². The summed E-state index contributed by atoms with van der Waals surface area (Å²) >= 11 is 0. The maximum absolute atomic E-state index is 10.8. The summed E-state index contributed by atoms with van der Waals surface area (Å²) in [5.74, 6) is 2.47. The van der Waals surface area contributed by atoms with Crippen molar-refractivity contribution in [1.29, 1.82) is 0 Å². The lowest BCUT2D eigenvalue weighted by Gasteiger charge is -2.23. The number of rotatable bonds is 6. The normalized spacial score (nSPS) is 16.4. The van der Waals surface area contributed by atoms with Crippen molar-refractivity contribution >= 4 is 11.0 Å². The van der Waals surface area contributed by atoms with E-state index in [0.717, 1.165) is 33.7 Å². The van der Waals surface area contributed by atoms with Crippen LogP contribution in [-0.4, -0.2) is 27.4 Å². The van der Waals surface area contributed by atoms with Crippen molar-refractivity contribution in [2.45, 2.75) is 64.5 Å². The summed E-state index contributed by atoms with van der Waals surface area (Å²) in [5.41, 5.74) is 4.38. The lowest BCUT2D eigenvalue weighted by Crippen LogP contribution is -2.25. The number of nitrogens with zero attached hydrogens (tertiary/aromatic N) is 2. The van der Waals surface area contributed by atoms with E-state index in [-0.39, 0.29) is 6.61 Å². The summed E-state index contributed by atoms with van der Waals surface area (Å²) in [5, 5.41) is 10.8. The van der Waals surface area contributed by atoms with Gasteiger partial charge in [-0.15, -0.1) is 0 Å². The molecule has 1 heterocycles. The topological polar surface area (TPSA) is 47.3 Å². The molecule has 4 nitrogen and oxygen atoms in total. The first-order valence-corrected chi connectivity index (χ1v) is 10.4. The molecule has 1 aromatic heterocycles. The molecule has 1 aliphatic rings. The van der Waals surface area contributed by atoms with Crippen molar-refractivity contribution in [3.8, 4) is 5.75 Å². The number of para-hydroxylation sites is 2. The van der Waals surface area contributed by atoms with Crippen molar-refractivity contribution in [3.05, 3.63) is 59.4 Å². The number of aromatic nitrogens is 2. The van der Waals surface area contributed by atoms with E-state index in [4.69, 9.17) is 9.72 Å². The number of hydrogen-bond acceptors (Lipinski definition) is 3. The molecule has 1 atom stereocenters. The molecule has 0 saturated heterocycles. The van der Waals surface area contributed by atoms with E-state index in [1.54, 1.807) is 0 Å². The van der Waals surface area contributed by atoms with Crippen LogP contribution in [0.15, 0.2) is 42.5 Å². The summed E-state index contributed by atoms with van der Waals surface area (Å²) in [7, 11) is 0. The average Bonchev–Trinajstić information content (AvgIpc) is 3.08. The van der Waals surface area contributed by atoms with E-state index >= 15 is 0 Å². The van der Waals surface area contributed by atoms with Gasteiger partial charge in [0, 0.05) is 5.92 Å². The number of ether oxygens (including phenoxy) is 1.